The highest BCUT2D eigenvalue weighted by molar-refractivity contribution is 5.73. The third-order valence-electron chi connectivity index (χ3n) is 5.03. The summed E-state index contributed by atoms with van der Waals surface area (Å²) >= 11 is 0. The van der Waals surface area contributed by atoms with E-state index in [9.17, 15) is 18.0 Å². The van der Waals surface area contributed by atoms with Crippen molar-refractivity contribution in [3.8, 4) is 17.0 Å². The zero-order valence-corrected chi connectivity index (χ0v) is 17.8. The number of para-hydroxylation sites is 1. The molecule has 0 spiro atoms. The maximum absolute atomic E-state index is 12.9. The van der Waals surface area contributed by atoms with E-state index in [2.05, 4.69) is 19.5 Å². The lowest BCUT2D eigenvalue weighted by atomic mass is 10.1. The van der Waals surface area contributed by atoms with Crippen molar-refractivity contribution in [2.24, 2.45) is 0 Å². The molecule has 168 valence electrons. The van der Waals surface area contributed by atoms with Crippen molar-refractivity contribution >= 4 is 18.0 Å². The van der Waals surface area contributed by atoms with Gasteiger partial charge in [0.2, 0.25) is 0 Å². The smallest absolute Gasteiger partial charge is 0.416 e. The van der Waals surface area contributed by atoms with Crippen molar-refractivity contribution in [1.29, 1.82) is 0 Å². The summed E-state index contributed by atoms with van der Waals surface area (Å²) in [6.07, 6.45) is -3.33. The molecule has 1 aromatic heterocycles. The van der Waals surface area contributed by atoms with Gasteiger partial charge in [-0.25, -0.2) is 4.98 Å². The number of hydrogen-bond donors (Lipinski definition) is 0. The Labute approximate surface area is 185 Å². The van der Waals surface area contributed by atoms with Gasteiger partial charge < -0.3 is 14.5 Å². The maximum atomic E-state index is 12.9. The topological polar surface area (TPSA) is 45.7 Å². The monoisotopic (exact) mass is 443 g/mol. The van der Waals surface area contributed by atoms with E-state index in [1.807, 2.05) is 26.2 Å². The Morgan fingerprint density at radius 2 is 1.66 bits per heavy atom. The summed E-state index contributed by atoms with van der Waals surface area (Å²) in [6, 6.07) is 17.9. The Balaban J connectivity index is 0.000000269. The number of pyridine rings is 1. The molecule has 0 saturated heterocycles. The molecule has 0 N–H and O–H groups in total. The number of halogens is 3. The van der Waals surface area contributed by atoms with Gasteiger partial charge in [-0.15, -0.1) is 0 Å². The van der Waals surface area contributed by atoms with Crippen LogP contribution in [0.15, 0.2) is 66.7 Å². The van der Waals surface area contributed by atoms with E-state index in [0.29, 0.717) is 23.5 Å². The zero-order chi connectivity index (χ0) is 23.1. The van der Waals surface area contributed by atoms with Crippen LogP contribution in [-0.2, 0) is 11.0 Å². The lowest BCUT2D eigenvalue weighted by Crippen LogP contribution is -2.18. The molecule has 0 radical (unpaired) electrons. The number of benzene rings is 2. The van der Waals surface area contributed by atoms with Gasteiger partial charge in [-0.3, -0.25) is 4.79 Å². The Bertz CT molecular complexity index is 1040. The fraction of sp³-hybridized carbons (Fsp3) is 0.250. The number of nitrogens with zero attached hydrogens (tertiary/aromatic N) is 3. The van der Waals surface area contributed by atoms with E-state index >= 15 is 0 Å². The molecule has 0 fully saturated rings. The lowest BCUT2D eigenvalue weighted by Gasteiger charge is -2.22. The van der Waals surface area contributed by atoms with Gasteiger partial charge in [0.15, 0.2) is 5.82 Å². The summed E-state index contributed by atoms with van der Waals surface area (Å²) in [6.45, 7) is 2.22. The first-order valence-corrected chi connectivity index (χ1v) is 10.1. The molecule has 32 heavy (non-hydrogen) atoms. The Kier molecular flexibility index (Phi) is 7.35. The summed E-state index contributed by atoms with van der Waals surface area (Å²) in [5, 5.41) is 0. The molecule has 2 aromatic carbocycles. The average molecular weight is 443 g/mol. The molecule has 0 aliphatic carbocycles. The van der Waals surface area contributed by atoms with E-state index in [1.165, 1.54) is 6.07 Å². The fourth-order valence-corrected chi connectivity index (χ4v) is 3.36. The molecule has 8 heteroatoms. The van der Waals surface area contributed by atoms with Gasteiger partial charge >= 0.3 is 6.18 Å². The van der Waals surface area contributed by atoms with Crippen molar-refractivity contribution in [2.45, 2.75) is 12.6 Å². The molecule has 0 amide bonds. The van der Waals surface area contributed by atoms with E-state index in [1.54, 1.807) is 36.4 Å². The molecule has 4 rings (SSSR count). The lowest BCUT2D eigenvalue weighted by molar-refractivity contribution is -0.137. The van der Waals surface area contributed by atoms with Gasteiger partial charge in [0.1, 0.15) is 5.75 Å². The van der Waals surface area contributed by atoms with E-state index in [0.717, 1.165) is 43.1 Å². The Hall–Kier alpha value is -3.55. The van der Waals surface area contributed by atoms with Crippen molar-refractivity contribution in [3.05, 3.63) is 72.3 Å². The summed E-state index contributed by atoms with van der Waals surface area (Å²) in [5.74, 6) is 1.38. The molecule has 2 heterocycles. The second kappa shape index (κ2) is 10.2. The highest BCUT2D eigenvalue weighted by Gasteiger charge is 2.30. The molecule has 1 aliphatic rings. The van der Waals surface area contributed by atoms with Gasteiger partial charge in [-0.2, -0.15) is 13.2 Å². The summed E-state index contributed by atoms with van der Waals surface area (Å²) in [7, 11) is 3.96. The van der Waals surface area contributed by atoms with Crippen molar-refractivity contribution in [2.75, 3.05) is 37.0 Å². The Morgan fingerprint density at radius 1 is 0.938 bits per heavy atom. The molecule has 0 saturated carbocycles. The largest absolute Gasteiger partial charge is 0.429 e. The van der Waals surface area contributed by atoms with Crippen LogP contribution in [0.4, 0.5) is 24.7 Å². The highest BCUT2D eigenvalue weighted by atomic mass is 19.4. The number of anilines is 2. The first kappa shape index (κ1) is 23.1. The molecule has 3 aromatic rings. The fourth-order valence-electron chi connectivity index (χ4n) is 3.36. The number of rotatable bonds is 3. The predicted molar refractivity (Wildman–Crippen MR) is 119 cm³/mol. The third-order valence-corrected chi connectivity index (χ3v) is 5.03. The Morgan fingerprint density at radius 3 is 2.34 bits per heavy atom. The first-order chi connectivity index (χ1) is 15.3. The summed E-state index contributed by atoms with van der Waals surface area (Å²) in [5.41, 5.74) is 1.37. The zero-order valence-electron chi connectivity index (χ0n) is 17.8. The van der Waals surface area contributed by atoms with E-state index < -0.39 is 11.7 Å². The molecule has 0 bridgehead atoms. The van der Waals surface area contributed by atoms with Crippen LogP contribution in [-0.4, -0.2) is 38.6 Å². The van der Waals surface area contributed by atoms with Gasteiger partial charge in [0, 0.05) is 32.7 Å². The minimum Gasteiger partial charge on any atom is -0.429 e. The number of carbonyl (C=O) groups is 1. The highest BCUT2D eigenvalue weighted by Crippen LogP contribution is 2.34. The summed E-state index contributed by atoms with van der Waals surface area (Å²) < 4.78 is 43.2. The van der Waals surface area contributed by atoms with Gasteiger partial charge in [0.05, 0.1) is 16.9 Å². The number of ether oxygens (including phenoxy) is 1. The maximum Gasteiger partial charge on any atom is 0.416 e. The first-order valence-electron chi connectivity index (χ1n) is 10.1. The predicted octanol–water partition coefficient (Wildman–Crippen LogP) is 5.27. The van der Waals surface area contributed by atoms with Crippen LogP contribution in [0.3, 0.4) is 0 Å². The SMILES string of the molecule is CN1CCCN(C)c2nc(-c3cccc(C(F)(F)F)c3)ccc21.O=COc1ccccc1. The van der Waals surface area contributed by atoms with E-state index in [4.69, 9.17) is 0 Å². The number of hydrogen-bond acceptors (Lipinski definition) is 5. The minimum absolute atomic E-state index is 0.412. The molecular formula is C24H24F3N3O2. The molecular weight excluding hydrogens is 419 g/mol. The number of fused-ring (bicyclic) bond motifs is 1. The quantitative estimate of drug-likeness (QED) is 0.517. The minimum atomic E-state index is -4.35. The number of aromatic nitrogens is 1. The van der Waals surface area contributed by atoms with Gasteiger partial charge in [-0.1, -0.05) is 30.3 Å². The van der Waals surface area contributed by atoms with Crippen molar-refractivity contribution < 1.29 is 22.7 Å². The molecule has 1 aliphatic heterocycles. The van der Waals surface area contributed by atoms with Crippen LogP contribution < -0.4 is 14.5 Å². The van der Waals surface area contributed by atoms with Crippen LogP contribution >= 0.6 is 0 Å². The van der Waals surface area contributed by atoms with E-state index in [-0.39, 0.29) is 0 Å². The van der Waals surface area contributed by atoms with Crippen LogP contribution in [0.25, 0.3) is 11.3 Å². The second-order valence-electron chi connectivity index (χ2n) is 7.34. The van der Waals surface area contributed by atoms with Crippen molar-refractivity contribution in [1.82, 2.24) is 4.98 Å². The van der Waals surface area contributed by atoms with Gasteiger partial charge in [-0.05, 0) is 42.8 Å². The van der Waals surface area contributed by atoms with Crippen LogP contribution in [0.2, 0.25) is 0 Å². The normalized spacial score (nSPS) is 13.4. The standard InChI is InChI=1S/C17H18F3N3.C7H6O2/c1-22-9-4-10-23(2)16-15(22)8-7-14(21-16)12-5-3-6-13(11-12)17(18,19)20;8-6-9-7-4-2-1-3-5-7/h3,5-8,11H,4,9-10H2,1-2H3;1-6H. The second-order valence-corrected chi connectivity index (χ2v) is 7.34. The number of alkyl halides is 3. The van der Waals surface area contributed by atoms with Crippen LogP contribution in [0, 0.1) is 0 Å². The third kappa shape index (κ3) is 5.78. The molecule has 0 unspecified atom stereocenters. The summed E-state index contributed by atoms with van der Waals surface area (Å²) in [4.78, 5) is 18.5. The number of carbonyl (C=O) groups excluding carboxylic acids is 1. The van der Waals surface area contributed by atoms with Crippen molar-refractivity contribution in [3.63, 3.8) is 0 Å². The van der Waals surface area contributed by atoms with Crippen LogP contribution in [0.5, 0.6) is 5.75 Å². The average Bonchev–Trinajstić information content (AvgIpc) is 2.93. The van der Waals surface area contributed by atoms with Gasteiger partial charge in [0.25, 0.3) is 6.47 Å². The molecule has 0 atom stereocenters. The molecule has 5 nitrogen and oxygen atoms in total. The van der Waals surface area contributed by atoms with Crippen LogP contribution in [0.1, 0.15) is 12.0 Å².